The number of benzene rings is 3. The van der Waals surface area contributed by atoms with Crippen molar-refractivity contribution < 1.29 is 19.1 Å². The molecule has 3 amide bonds. The Hall–Kier alpha value is -4.46. The molecule has 8 nitrogen and oxygen atoms in total. The zero-order valence-corrected chi connectivity index (χ0v) is 18.3. The molecule has 3 rings (SSSR count). The van der Waals surface area contributed by atoms with Crippen molar-refractivity contribution in [2.45, 2.75) is 13.8 Å². The van der Waals surface area contributed by atoms with Crippen molar-refractivity contribution >= 4 is 35.3 Å². The maximum absolute atomic E-state index is 12.1. The molecular formula is C25H24N4O4. The molecule has 3 aromatic carbocycles. The van der Waals surface area contributed by atoms with E-state index in [1.165, 1.54) is 6.21 Å². The fraction of sp³-hybridized carbons (Fsp3) is 0.120. The van der Waals surface area contributed by atoms with Crippen LogP contribution in [-0.4, -0.2) is 30.5 Å². The second-order valence-corrected chi connectivity index (χ2v) is 7.25. The Morgan fingerprint density at radius 3 is 2.45 bits per heavy atom. The summed E-state index contributed by atoms with van der Waals surface area (Å²) >= 11 is 0. The fourth-order valence-electron chi connectivity index (χ4n) is 2.86. The van der Waals surface area contributed by atoms with Gasteiger partial charge in [-0.2, -0.15) is 5.10 Å². The van der Waals surface area contributed by atoms with Crippen LogP contribution in [0.5, 0.6) is 5.75 Å². The van der Waals surface area contributed by atoms with Gasteiger partial charge in [-0.25, -0.2) is 5.43 Å². The molecule has 0 atom stereocenters. The van der Waals surface area contributed by atoms with Crippen molar-refractivity contribution in [3.05, 3.63) is 89.5 Å². The summed E-state index contributed by atoms with van der Waals surface area (Å²) in [6.07, 6.45) is 1.37. The number of rotatable bonds is 7. The molecule has 33 heavy (non-hydrogen) atoms. The van der Waals surface area contributed by atoms with E-state index < -0.39 is 11.8 Å². The van der Waals surface area contributed by atoms with Gasteiger partial charge in [0.05, 0.1) is 6.21 Å². The number of anilines is 2. The quantitative estimate of drug-likeness (QED) is 0.295. The van der Waals surface area contributed by atoms with E-state index in [-0.39, 0.29) is 12.5 Å². The minimum absolute atomic E-state index is 0.162. The third kappa shape index (κ3) is 7.32. The van der Waals surface area contributed by atoms with Crippen molar-refractivity contribution in [3.63, 3.8) is 0 Å². The minimum atomic E-state index is -0.894. The maximum atomic E-state index is 12.1. The Morgan fingerprint density at radius 2 is 1.67 bits per heavy atom. The highest BCUT2D eigenvalue weighted by Gasteiger charge is 2.13. The van der Waals surface area contributed by atoms with Gasteiger partial charge in [0.2, 0.25) is 0 Å². The number of nitrogens with one attached hydrogen (secondary N) is 3. The molecule has 0 saturated carbocycles. The molecule has 0 aliphatic rings. The van der Waals surface area contributed by atoms with E-state index in [0.717, 1.165) is 11.1 Å². The summed E-state index contributed by atoms with van der Waals surface area (Å²) in [5.74, 6) is -1.54. The van der Waals surface area contributed by atoms with E-state index in [9.17, 15) is 14.4 Å². The number of aryl methyl sites for hydroxylation is 2. The highest BCUT2D eigenvalue weighted by atomic mass is 16.5. The summed E-state index contributed by atoms with van der Waals surface area (Å²) in [6, 6.07) is 21.4. The summed E-state index contributed by atoms with van der Waals surface area (Å²) in [6.45, 7) is 3.61. The molecule has 8 heteroatoms. The fourth-order valence-corrected chi connectivity index (χ4v) is 2.86. The first-order valence-corrected chi connectivity index (χ1v) is 10.2. The van der Waals surface area contributed by atoms with Gasteiger partial charge in [0.1, 0.15) is 5.75 Å². The second kappa shape index (κ2) is 11.2. The topological polar surface area (TPSA) is 109 Å². The lowest BCUT2D eigenvalue weighted by Crippen LogP contribution is -2.32. The molecule has 0 radical (unpaired) electrons. The first kappa shape index (κ1) is 23.2. The zero-order valence-electron chi connectivity index (χ0n) is 18.3. The molecule has 0 heterocycles. The Kier molecular flexibility index (Phi) is 7.91. The minimum Gasteiger partial charge on any atom is -0.484 e. The maximum Gasteiger partial charge on any atom is 0.329 e. The van der Waals surface area contributed by atoms with Gasteiger partial charge in [-0.1, -0.05) is 42.5 Å². The van der Waals surface area contributed by atoms with E-state index >= 15 is 0 Å². The van der Waals surface area contributed by atoms with Crippen LogP contribution in [0.25, 0.3) is 0 Å². The van der Waals surface area contributed by atoms with E-state index in [2.05, 4.69) is 21.2 Å². The molecule has 168 valence electrons. The standard InChI is InChI=1S/C25H24N4O4/c1-17-7-5-10-20(13-17)27-23(30)16-33-21-11-6-9-19(14-21)15-26-29-25(32)24(31)28-22-12-4-3-8-18(22)2/h3-15H,16H2,1-2H3,(H,27,30)(H,28,31)(H,29,32)/b26-15-. The van der Waals surface area contributed by atoms with E-state index in [4.69, 9.17) is 4.74 Å². The van der Waals surface area contributed by atoms with Crippen LogP contribution in [-0.2, 0) is 14.4 Å². The number of para-hydroxylation sites is 1. The summed E-state index contributed by atoms with van der Waals surface area (Å²) in [5.41, 5.74) is 5.94. The molecule has 0 aromatic heterocycles. The number of hydrogen-bond acceptors (Lipinski definition) is 5. The lowest BCUT2D eigenvalue weighted by molar-refractivity contribution is -0.136. The van der Waals surface area contributed by atoms with Crippen molar-refractivity contribution in [2.24, 2.45) is 5.10 Å². The number of ether oxygens (including phenoxy) is 1. The molecule has 0 fully saturated rings. The smallest absolute Gasteiger partial charge is 0.329 e. The summed E-state index contributed by atoms with van der Waals surface area (Å²) in [5, 5.41) is 9.11. The number of carbonyl (C=O) groups is 3. The summed E-state index contributed by atoms with van der Waals surface area (Å²) < 4.78 is 5.53. The van der Waals surface area contributed by atoms with Crippen LogP contribution < -0.4 is 20.8 Å². The van der Waals surface area contributed by atoms with Crippen LogP contribution in [0.1, 0.15) is 16.7 Å². The first-order valence-electron chi connectivity index (χ1n) is 10.2. The summed E-state index contributed by atoms with van der Waals surface area (Å²) in [4.78, 5) is 36.1. The Balaban J connectivity index is 1.48. The van der Waals surface area contributed by atoms with Gasteiger partial charge >= 0.3 is 11.8 Å². The van der Waals surface area contributed by atoms with Gasteiger partial charge in [0.25, 0.3) is 5.91 Å². The number of hydrazone groups is 1. The number of hydrogen-bond donors (Lipinski definition) is 3. The Morgan fingerprint density at radius 1 is 0.879 bits per heavy atom. The van der Waals surface area contributed by atoms with Crippen LogP contribution in [0.3, 0.4) is 0 Å². The predicted molar refractivity (Wildman–Crippen MR) is 127 cm³/mol. The first-order chi connectivity index (χ1) is 15.9. The van der Waals surface area contributed by atoms with Crippen LogP contribution >= 0.6 is 0 Å². The predicted octanol–water partition coefficient (Wildman–Crippen LogP) is 3.41. The van der Waals surface area contributed by atoms with Crippen molar-refractivity contribution in [3.8, 4) is 5.75 Å². The van der Waals surface area contributed by atoms with E-state index in [0.29, 0.717) is 22.7 Å². The van der Waals surface area contributed by atoms with Gasteiger partial charge in [-0.15, -0.1) is 0 Å². The molecule has 0 saturated heterocycles. The third-order valence-electron chi connectivity index (χ3n) is 4.51. The Bertz CT molecular complexity index is 1190. The van der Waals surface area contributed by atoms with Crippen molar-refractivity contribution in [2.75, 3.05) is 17.2 Å². The molecule has 0 spiro atoms. The average Bonchev–Trinajstić information content (AvgIpc) is 2.79. The van der Waals surface area contributed by atoms with Crippen molar-refractivity contribution in [1.29, 1.82) is 0 Å². The van der Waals surface area contributed by atoms with Gasteiger partial charge in [0, 0.05) is 11.4 Å². The Labute approximate surface area is 191 Å². The van der Waals surface area contributed by atoms with Crippen LogP contribution in [0.2, 0.25) is 0 Å². The lowest BCUT2D eigenvalue weighted by Gasteiger charge is -2.08. The molecule has 0 aliphatic heterocycles. The number of nitrogens with zero attached hydrogens (tertiary/aromatic N) is 1. The SMILES string of the molecule is Cc1cccc(NC(=O)COc2cccc(/C=N\NC(=O)C(=O)Nc3ccccc3C)c2)c1. The molecule has 0 bridgehead atoms. The van der Waals surface area contributed by atoms with Crippen LogP contribution in [0, 0.1) is 13.8 Å². The number of carbonyl (C=O) groups excluding carboxylic acids is 3. The van der Waals surface area contributed by atoms with Crippen LogP contribution in [0.4, 0.5) is 11.4 Å². The molecular weight excluding hydrogens is 420 g/mol. The van der Waals surface area contributed by atoms with Crippen molar-refractivity contribution in [1.82, 2.24) is 5.43 Å². The highest BCUT2D eigenvalue weighted by Crippen LogP contribution is 2.14. The van der Waals surface area contributed by atoms with Gasteiger partial charge in [-0.05, 0) is 60.9 Å². The average molecular weight is 444 g/mol. The third-order valence-corrected chi connectivity index (χ3v) is 4.51. The zero-order chi connectivity index (χ0) is 23.6. The molecule has 3 N–H and O–H groups in total. The van der Waals surface area contributed by atoms with E-state index in [1.54, 1.807) is 42.5 Å². The number of amides is 3. The van der Waals surface area contributed by atoms with E-state index in [1.807, 2.05) is 44.2 Å². The van der Waals surface area contributed by atoms with Gasteiger partial charge in [-0.3, -0.25) is 14.4 Å². The van der Waals surface area contributed by atoms with Gasteiger partial charge < -0.3 is 15.4 Å². The van der Waals surface area contributed by atoms with Crippen LogP contribution in [0.15, 0.2) is 77.9 Å². The van der Waals surface area contributed by atoms with Gasteiger partial charge in [0.15, 0.2) is 6.61 Å². The molecule has 0 unspecified atom stereocenters. The highest BCUT2D eigenvalue weighted by molar-refractivity contribution is 6.39. The monoisotopic (exact) mass is 444 g/mol. The largest absolute Gasteiger partial charge is 0.484 e. The lowest BCUT2D eigenvalue weighted by atomic mass is 10.2. The summed E-state index contributed by atoms with van der Waals surface area (Å²) in [7, 11) is 0. The molecule has 3 aromatic rings. The molecule has 0 aliphatic carbocycles. The second-order valence-electron chi connectivity index (χ2n) is 7.25. The normalized spacial score (nSPS) is 10.5.